The maximum Gasteiger partial charge on any atom is 0.416 e. The number of hydrogen-bond acceptors (Lipinski definition) is 4. The second kappa shape index (κ2) is 12.1. The van der Waals surface area contributed by atoms with Crippen LogP contribution in [0.25, 0.3) is 22.3 Å². The van der Waals surface area contributed by atoms with Crippen LogP contribution in [0.4, 0.5) is 13.2 Å². The Kier molecular flexibility index (Phi) is 8.70. The summed E-state index contributed by atoms with van der Waals surface area (Å²) in [5, 5.41) is 5.01. The van der Waals surface area contributed by atoms with E-state index in [-0.39, 0.29) is 23.4 Å². The number of ether oxygens (including phenoxy) is 1. The van der Waals surface area contributed by atoms with Gasteiger partial charge in [0.1, 0.15) is 12.4 Å². The average Bonchev–Trinajstić information content (AvgIpc) is 2.92. The highest BCUT2D eigenvalue weighted by atomic mass is 79.9. The third-order valence-electron chi connectivity index (χ3n) is 5.94. The van der Waals surface area contributed by atoms with Crippen molar-refractivity contribution in [2.75, 3.05) is 0 Å². The molecule has 0 bridgehead atoms. The van der Waals surface area contributed by atoms with E-state index in [0.29, 0.717) is 26.3 Å². The molecule has 0 spiro atoms. The van der Waals surface area contributed by atoms with E-state index in [4.69, 9.17) is 16.3 Å². The molecule has 0 N–H and O–H groups in total. The predicted molar refractivity (Wildman–Crippen MR) is 165 cm³/mol. The Morgan fingerprint density at radius 3 is 2.49 bits per heavy atom. The highest BCUT2D eigenvalue weighted by molar-refractivity contribution is 9.11. The number of fused-ring (bicyclic) bond motifs is 1. The topological polar surface area (TPSA) is 56.5 Å². The summed E-state index contributed by atoms with van der Waals surface area (Å²) in [6.45, 7) is 0.196. The molecule has 1 heterocycles. The van der Waals surface area contributed by atoms with Crippen LogP contribution in [0.2, 0.25) is 5.02 Å². The van der Waals surface area contributed by atoms with E-state index in [0.717, 1.165) is 31.3 Å². The molecule has 4 aromatic carbocycles. The van der Waals surface area contributed by atoms with Gasteiger partial charge in [-0.2, -0.15) is 22.9 Å². The van der Waals surface area contributed by atoms with Gasteiger partial charge in [0, 0.05) is 30.7 Å². The lowest BCUT2D eigenvalue weighted by Crippen LogP contribution is -2.20. The van der Waals surface area contributed by atoms with Crippen molar-refractivity contribution in [3.05, 3.63) is 124 Å². The fraction of sp³-hybridized carbons (Fsp3) is 0.0690. The summed E-state index contributed by atoms with van der Waals surface area (Å²) in [5.41, 5.74) is 0.269. The van der Waals surface area contributed by atoms with Crippen LogP contribution >= 0.6 is 59.4 Å². The Bertz CT molecular complexity index is 1880. The van der Waals surface area contributed by atoms with Crippen LogP contribution in [0, 0.1) is 0 Å². The number of nitrogens with zero attached hydrogens (tertiary/aromatic N) is 3. The molecule has 0 atom stereocenters. The number of alkyl halides is 3. The first-order chi connectivity index (χ1) is 19.5. The molecule has 5 nitrogen and oxygen atoms in total. The van der Waals surface area contributed by atoms with Crippen molar-refractivity contribution < 1.29 is 17.9 Å². The summed E-state index contributed by atoms with van der Waals surface area (Å²) >= 11 is 16.7. The molecule has 0 aliphatic heterocycles. The molecule has 0 saturated carbocycles. The van der Waals surface area contributed by atoms with Gasteiger partial charge >= 0.3 is 6.18 Å². The molecule has 0 radical (unpaired) electrons. The van der Waals surface area contributed by atoms with Gasteiger partial charge in [0.2, 0.25) is 0 Å². The summed E-state index contributed by atoms with van der Waals surface area (Å²) in [4.78, 5) is 18.0. The van der Waals surface area contributed by atoms with E-state index in [1.54, 1.807) is 36.4 Å². The van der Waals surface area contributed by atoms with Gasteiger partial charge in [0.15, 0.2) is 5.82 Å². The third kappa shape index (κ3) is 6.58. The molecular formula is C29H16Br3ClF3N3O2. The zero-order chi connectivity index (χ0) is 29.3. The number of benzene rings is 4. The van der Waals surface area contributed by atoms with Gasteiger partial charge in [0.25, 0.3) is 5.56 Å². The number of halogens is 7. The van der Waals surface area contributed by atoms with Gasteiger partial charge in [-0.25, -0.2) is 4.98 Å². The summed E-state index contributed by atoms with van der Waals surface area (Å²) in [6, 6.07) is 20.1. The lowest BCUT2D eigenvalue weighted by molar-refractivity contribution is -0.137. The van der Waals surface area contributed by atoms with Crippen molar-refractivity contribution in [2.45, 2.75) is 12.8 Å². The third-order valence-corrected chi connectivity index (χ3v) is 7.98. The first-order valence-corrected chi connectivity index (χ1v) is 14.6. The van der Waals surface area contributed by atoms with Gasteiger partial charge in [-0.05, 0) is 64.5 Å². The molecule has 0 amide bonds. The fourth-order valence-electron chi connectivity index (χ4n) is 3.99. The van der Waals surface area contributed by atoms with Crippen LogP contribution < -0.4 is 10.3 Å². The summed E-state index contributed by atoms with van der Waals surface area (Å²) < 4.78 is 49.8. The van der Waals surface area contributed by atoms with Crippen LogP contribution in [0.5, 0.6) is 5.75 Å². The van der Waals surface area contributed by atoms with E-state index in [9.17, 15) is 18.0 Å². The number of para-hydroxylation sites is 1. The van der Waals surface area contributed by atoms with Crippen molar-refractivity contribution in [3.8, 4) is 17.1 Å². The number of rotatable bonds is 6. The van der Waals surface area contributed by atoms with Gasteiger partial charge in [-0.3, -0.25) is 4.79 Å². The zero-order valence-electron chi connectivity index (χ0n) is 20.6. The first kappa shape index (κ1) is 29.5. The standard InChI is InChI=1S/C29H16Br3ClF3N3O2/c30-20-9-8-17(23(31)12-20)15-41-26-18(11-21(33)13-24(26)32)14-37-39-27(16-4-3-5-19(10-16)29(34,35)36)38-25-7-2-1-6-22(25)28(39)40/h1-14H,15H2. The maximum absolute atomic E-state index is 13.5. The maximum atomic E-state index is 13.5. The lowest BCUT2D eigenvalue weighted by Gasteiger charge is -2.14. The van der Waals surface area contributed by atoms with Gasteiger partial charge < -0.3 is 4.74 Å². The largest absolute Gasteiger partial charge is 0.487 e. The SMILES string of the molecule is O=c1c2ccccc2nc(-c2cccc(C(F)(F)F)c2)n1N=Cc1cc(Cl)cc(Br)c1OCc1ccc(Br)cc1Br. The monoisotopic (exact) mass is 767 g/mol. The minimum atomic E-state index is -4.58. The molecule has 208 valence electrons. The molecule has 0 saturated heterocycles. The second-order valence-corrected chi connectivity index (χ2v) is 11.8. The summed E-state index contributed by atoms with van der Waals surface area (Å²) in [5.74, 6) is 0.341. The minimum Gasteiger partial charge on any atom is -0.487 e. The highest BCUT2D eigenvalue weighted by Gasteiger charge is 2.31. The molecule has 0 fully saturated rings. The molecular weight excluding hydrogens is 754 g/mol. The zero-order valence-corrected chi connectivity index (χ0v) is 26.1. The Hall–Kier alpha value is -2.99. The fourth-order valence-corrected chi connectivity index (χ4v) is 6.10. The summed E-state index contributed by atoms with van der Waals surface area (Å²) in [6.07, 6.45) is -3.22. The molecule has 5 aromatic rings. The van der Waals surface area contributed by atoms with Gasteiger partial charge in [-0.1, -0.05) is 73.8 Å². The molecule has 0 aliphatic rings. The van der Waals surface area contributed by atoms with Crippen LogP contribution in [-0.2, 0) is 12.8 Å². The molecule has 12 heteroatoms. The molecule has 41 heavy (non-hydrogen) atoms. The Morgan fingerprint density at radius 2 is 1.73 bits per heavy atom. The van der Waals surface area contributed by atoms with Gasteiger partial charge in [0.05, 0.1) is 27.2 Å². The quantitative estimate of drug-likeness (QED) is 0.162. The van der Waals surface area contributed by atoms with Crippen LogP contribution in [-0.4, -0.2) is 15.9 Å². The van der Waals surface area contributed by atoms with E-state index >= 15 is 0 Å². The van der Waals surface area contributed by atoms with E-state index in [2.05, 4.69) is 57.9 Å². The molecule has 0 unspecified atom stereocenters. The predicted octanol–water partition coefficient (Wildman–Crippen LogP) is 9.48. The normalized spacial score (nSPS) is 11.9. The van der Waals surface area contributed by atoms with Crippen molar-refractivity contribution in [1.29, 1.82) is 0 Å². The highest BCUT2D eigenvalue weighted by Crippen LogP contribution is 2.34. The Morgan fingerprint density at radius 1 is 0.951 bits per heavy atom. The second-order valence-electron chi connectivity index (χ2n) is 8.72. The lowest BCUT2D eigenvalue weighted by atomic mass is 10.1. The van der Waals surface area contributed by atoms with E-state index < -0.39 is 17.3 Å². The average molecular weight is 771 g/mol. The van der Waals surface area contributed by atoms with Crippen molar-refractivity contribution >= 4 is 76.5 Å². The van der Waals surface area contributed by atoms with Crippen LogP contribution in [0.15, 0.2) is 102 Å². The number of aromatic nitrogens is 2. The van der Waals surface area contributed by atoms with Crippen molar-refractivity contribution in [1.82, 2.24) is 9.66 Å². The minimum absolute atomic E-state index is 0.0570. The molecule has 5 rings (SSSR count). The van der Waals surface area contributed by atoms with E-state index in [1.807, 2.05) is 18.2 Å². The smallest absolute Gasteiger partial charge is 0.416 e. The van der Waals surface area contributed by atoms with Crippen LogP contribution in [0.1, 0.15) is 16.7 Å². The van der Waals surface area contributed by atoms with E-state index in [1.165, 1.54) is 18.3 Å². The van der Waals surface area contributed by atoms with Crippen molar-refractivity contribution in [2.24, 2.45) is 5.10 Å². The van der Waals surface area contributed by atoms with Crippen LogP contribution in [0.3, 0.4) is 0 Å². The van der Waals surface area contributed by atoms with Gasteiger partial charge in [-0.15, -0.1) is 0 Å². The summed E-state index contributed by atoms with van der Waals surface area (Å²) in [7, 11) is 0. The molecule has 1 aromatic heterocycles. The Balaban J connectivity index is 1.62. The van der Waals surface area contributed by atoms with Crippen molar-refractivity contribution in [3.63, 3.8) is 0 Å². The Labute approximate surface area is 262 Å². The molecule has 0 aliphatic carbocycles. The first-order valence-electron chi connectivity index (χ1n) is 11.8. The number of hydrogen-bond donors (Lipinski definition) is 0.